The van der Waals surface area contributed by atoms with Crippen molar-refractivity contribution in [3.63, 3.8) is 0 Å². The topological polar surface area (TPSA) is 24.6 Å². The van der Waals surface area contributed by atoms with Crippen LogP contribution in [0, 0.1) is 34.6 Å². The Morgan fingerprint density at radius 3 is 0.867 bits per heavy atom. The van der Waals surface area contributed by atoms with Crippen LogP contribution in [-0.2, 0) is 0 Å². The molecule has 25 rings (SSSR count). The monoisotopic (exact) mass is 1540 g/mol. The van der Waals surface area contributed by atoms with Crippen molar-refractivity contribution in [2.24, 2.45) is 0 Å². The first-order valence-electron chi connectivity index (χ1n) is 41.5. The molecule has 25 aromatic rings. The number of nitrogens with zero attached hydrogens (tertiary/aromatic N) is 5. The Balaban J connectivity index is 0.0000000928. The summed E-state index contributed by atoms with van der Waals surface area (Å²) in [6.45, 7) is 10.7. The van der Waals surface area contributed by atoms with E-state index in [0.29, 0.717) is 0 Å². The van der Waals surface area contributed by atoms with E-state index in [4.69, 9.17) is 0 Å². The Kier molecular flexibility index (Phi) is 18.3. The molecule has 5 aromatic heterocycles. The summed E-state index contributed by atoms with van der Waals surface area (Å²) in [6.07, 6.45) is 0. The predicted octanol–water partition coefficient (Wildman–Crippen LogP) is 31.2. The number of benzene rings is 20. The van der Waals surface area contributed by atoms with Gasteiger partial charge in [0.25, 0.3) is 0 Å². The van der Waals surface area contributed by atoms with Crippen molar-refractivity contribution < 1.29 is 0 Å². The number of hydrogen-bond acceptors (Lipinski definition) is 0. The van der Waals surface area contributed by atoms with Gasteiger partial charge in [-0.1, -0.05) is 320 Å². The summed E-state index contributed by atoms with van der Waals surface area (Å²) in [5.74, 6) is 0. The molecule has 0 aliphatic carbocycles. The van der Waals surface area contributed by atoms with Crippen molar-refractivity contribution in [1.82, 2.24) is 22.8 Å². The summed E-state index contributed by atoms with van der Waals surface area (Å²) in [6, 6.07) is 153. The molecule has 5 heterocycles. The molecular formula is C115H85N5. The van der Waals surface area contributed by atoms with Gasteiger partial charge >= 0.3 is 0 Å². The SMILES string of the molecule is Cc1ccc(-n2c3ccccc3c3c4ccccc4ccc32)cc1.Cc1ccc2c(c1)c1c3ccccc3ccc1n2-c1ccccc1.Cc1ccc2c(c1)c1ccc3ccccc3c1n2-c1ccccc1.Cc1cccc(-n2c3ccccc3c3c4ccccc4ccc32)c1.Cc1cccc(-n2c3ccccc3c3ccc4ccccc4c32)c1. The van der Waals surface area contributed by atoms with Gasteiger partial charge in [0.05, 0.1) is 55.2 Å². The van der Waals surface area contributed by atoms with E-state index in [1.165, 1.54) is 219 Å². The zero-order valence-corrected chi connectivity index (χ0v) is 67.7. The van der Waals surface area contributed by atoms with E-state index in [9.17, 15) is 0 Å². The van der Waals surface area contributed by atoms with Crippen LogP contribution in [0.3, 0.4) is 0 Å². The van der Waals surface area contributed by atoms with Crippen molar-refractivity contribution in [1.29, 1.82) is 0 Å². The molecule has 0 amide bonds. The van der Waals surface area contributed by atoms with Crippen LogP contribution < -0.4 is 0 Å². The van der Waals surface area contributed by atoms with E-state index in [-0.39, 0.29) is 0 Å². The highest BCUT2D eigenvalue weighted by Crippen LogP contribution is 2.43. The Morgan fingerprint density at radius 1 is 0.133 bits per heavy atom. The van der Waals surface area contributed by atoms with Gasteiger partial charge in [0, 0.05) is 93.1 Å². The third kappa shape index (κ3) is 12.7. The van der Waals surface area contributed by atoms with Crippen LogP contribution in [0.1, 0.15) is 27.8 Å². The highest BCUT2D eigenvalue weighted by molar-refractivity contribution is 6.25. The Morgan fingerprint density at radius 2 is 0.408 bits per heavy atom. The van der Waals surface area contributed by atoms with Crippen LogP contribution in [0.15, 0.2) is 425 Å². The zero-order valence-electron chi connectivity index (χ0n) is 67.7. The lowest BCUT2D eigenvalue weighted by atomic mass is 10.0. The summed E-state index contributed by atoms with van der Waals surface area (Å²) >= 11 is 0. The second-order valence-electron chi connectivity index (χ2n) is 31.9. The minimum Gasteiger partial charge on any atom is -0.309 e. The van der Waals surface area contributed by atoms with Gasteiger partial charge in [-0.2, -0.15) is 0 Å². The molecule has 0 saturated heterocycles. The largest absolute Gasteiger partial charge is 0.309 e. The first kappa shape index (κ1) is 72.4. The standard InChI is InChI=1S/5C23H17N/c1-16-7-6-9-18(15-16)24-22-12-5-4-11-20(22)21-14-13-17-8-2-3-10-19(17)23(21)24;1-16-7-6-9-18(15-16)24-21-12-5-4-11-20(21)23-19-10-3-2-8-17(19)13-14-22(23)24;1-16-10-13-18(14-11-16)24-21-9-5-4-8-20(21)23-19-7-3-2-6-17(19)12-15-22(23)24;1-16-11-14-22-21(15-16)20-13-12-17-7-5-6-10-19(17)23(20)24(22)18-8-3-2-4-9-18;1-16-11-13-21-20(15-16)23-19-10-6-5-7-17(19)12-14-22(23)24(21)18-8-3-2-4-9-18/h5*2-15H,1H3. The van der Waals surface area contributed by atoms with Crippen molar-refractivity contribution in [2.75, 3.05) is 0 Å². The van der Waals surface area contributed by atoms with Gasteiger partial charge in [-0.15, -0.1) is 0 Å². The lowest BCUT2D eigenvalue weighted by molar-refractivity contribution is 1.17. The van der Waals surface area contributed by atoms with E-state index < -0.39 is 0 Å². The van der Waals surface area contributed by atoms with E-state index in [1.54, 1.807) is 0 Å². The van der Waals surface area contributed by atoms with Gasteiger partial charge in [0.15, 0.2) is 0 Å². The van der Waals surface area contributed by atoms with E-state index >= 15 is 0 Å². The predicted molar refractivity (Wildman–Crippen MR) is 515 cm³/mol. The van der Waals surface area contributed by atoms with Gasteiger partial charge in [0.1, 0.15) is 0 Å². The molecule has 0 saturated carbocycles. The van der Waals surface area contributed by atoms with Gasteiger partial charge < -0.3 is 22.8 Å². The van der Waals surface area contributed by atoms with Crippen LogP contribution in [-0.4, -0.2) is 22.8 Å². The summed E-state index contributed by atoms with van der Waals surface area (Å²) in [7, 11) is 0. The smallest absolute Gasteiger partial charge is 0.0619 e. The quantitative estimate of drug-likeness (QED) is 0.164. The number of hydrogen-bond donors (Lipinski definition) is 0. The summed E-state index contributed by atoms with van der Waals surface area (Å²) in [4.78, 5) is 0. The second-order valence-corrected chi connectivity index (χ2v) is 31.9. The van der Waals surface area contributed by atoms with Gasteiger partial charge in [0.2, 0.25) is 0 Å². The van der Waals surface area contributed by atoms with Crippen molar-refractivity contribution in [2.45, 2.75) is 34.6 Å². The fraction of sp³-hybridized carbons (Fsp3) is 0.0435. The molecule has 0 aliphatic heterocycles. The molecule has 0 atom stereocenters. The van der Waals surface area contributed by atoms with Crippen molar-refractivity contribution in [3.05, 3.63) is 452 Å². The number of para-hydroxylation sites is 5. The molecule has 20 aromatic carbocycles. The maximum atomic E-state index is 2.40. The average molecular weight is 1540 g/mol. The minimum absolute atomic E-state index is 1.21. The molecule has 0 fully saturated rings. The first-order valence-corrected chi connectivity index (χ1v) is 41.5. The molecule has 0 spiro atoms. The van der Waals surface area contributed by atoms with Gasteiger partial charge in [-0.05, 0) is 210 Å². The normalized spacial score (nSPS) is 11.5. The van der Waals surface area contributed by atoms with Crippen LogP contribution in [0.25, 0.3) is 191 Å². The first-order chi connectivity index (χ1) is 59.1. The van der Waals surface area contributed by atoms with Crippen LogP contribution in [0.4, 0.5) is 0 Å². The number of aryl methyl sites for hydroxylation is 5. The molecule has 5 heteroatoms. The minimum atomic E-state index is 1.21. The fourth-order valence-corrected chi connectivity index (χ4v) is 18.8. The van der Waals surface area contributed by atoms with Crippen molar-refractivity contribution >= 4 is 163 Å². The molecule has 0 radical (unpaired) electrons. The Labute approximate surface area is 696 Å². The van der Waals surface area contributed by atoms with Gasteiger partial charge in [-0.25, -0.2) is 0 Å². The van der Waals surface area contributed by atoms with E-state index in [0.717, 1.165) is 0 Å². The number of aromatic nitrogens is 5. The third-order valence-electron chi connectivity index (χ3n) is 24.1. The molecule has 570 valence electrons. The molecular weight excluding hydrogens is 1450 g/mol. The van der Waals surface area contributed by atoms with E-state index in [1.807, 2.05) is 0 Å². The lowest BCUT2D eigenvalue weighted by Crippen LogP contribution is -1.94. The summed E-state index contributed by atoms with van der Waals surface area (Å²) < 4.78 is 11.9. The fourth-order valence-electron chi connectivity index (χ4n) is 18.8. The Hall–Kier alpha value is -15.3. The summed E-state index contributed by atoms with van der Waals surface area (Å²) in [5, 5.41) is 26.2. The molecule has 0 bridgehead atoms. The summed E-state index contributed by atoms with van der Waals surface area (Å²) in [5.41, 5.74) is 25.2. The van der Waals surface area contributed by atoms with Crippen molar-refractivity contribution in [3.8, 4) is 28.4 Å². The average Bonchev–Trinajstić information content (AvgIpc) is 1.62. The van der Waals surface area contributed by atoms with E-state index in [2.05, 4.69) is 482 Å². The second kappa shape index (κ2) is 30.4. The molecule has 0 aliphatic rings. The Bertz CT molecular complexity index is 8260. The van der Waals surface area contributed by atoms with Crippen LogP contribution in [0.2, 0.25) is 0 Å². The maximum Gasteiger partial charge on any atom is 0.0619 e. The molecule has 5 nitrogen and oxygen atoms in total. The van der Waals surface area contributed by atoms with Crippen LogP contribution in [0.5, 0.6) is 0 Å². The molecule has 0 unspecified atom stereocenters. The molecule has 120 heavy (non-hydrogen) atoms. The molecule has 0 N–H and O–H groups in total. The third-order valence-corrected chi connectivity index (χ3v) is 24.1. The lowest BCUT2D eigenvalue weighted by Gasteiger charge is -2.10. The maximum absolute atomic E-state index is 2.40. The number of rotatable bonds is 5. The highest BCUT2D eigenvalue weighted by atomic mass is 15.0. The number of fused-ring (bicyclic) bond motifs is 25. The van der Waals surface area contributed by atoms with Crippen LogP contribution >= 0.6 is 0 Å². The van der Waals surface area contributed by atoms with Gasteiger partial charge in [-0.3, -0.25) is 0 Å². The highest BCUT2D eigenvalue weighted by Gasteiger charge is 2.21. The zero-order chi connectivity index (χ0) is 80.5.